The van der Waals surface area contributed by atoms with Crippen LogP contribution >= 0.6 is 0 Å². The van der Waals surface area contributed by atoms with Gasteiger partial charge in [0.05, 0.1) is 25.2 Å². The topological polar surface area (TPSA) is 62.7 Å². The Labute approximate surface area is 106 Å². The van der Waals surface area contributed by atoms with E-state index in [-0.39, 0.29) is 24.7 Å². The molecule has 0 saturated carbocycles. The molecule has 0 spiro atoms. The van der Waals surface area contributed by atoms with Gasteiger partial charge in [0.1, 0.15) is 0 Å². The van der Waals surface area contributed by atoms with Gasteiger partial charge >= 0.3 is 0 Å². The molecule has 0 radical (unpaired) electrons. The van der Waals surface area contributed by atoms with Gasteiger partial charge in [-0.05, 0) is 18.6 Å². The van der Waals surface area contributed by atoms with Gasteiger partial charge in [0.15, 0.2) is 0 Å². The summed E-state index contributed by atoms with van der Waals surface area (Å²) in [5.41, 5.74) is 0.905. The van der Waals surface area contributed by atoms with E-state index in [2.05, 4.69) is 4.98 Å². The molecule has 1 aliphatic heterocycles. The van der Waals surface area contributed by atoms with E-state index in [4.69, 9.17) is 9.84 Å². The van der Waals surface area contributed by atoms with Gasteiger partial charge in [-0.2, -0.15) is 0 Å². The number of amides is 1. The smallest absolute Gasteiger partial charge is 0.227 e. The van der Waals surface area contributed by atoms with Crippen LogP contribution in [-0.4, -0.2) is 52.8 Å². The van der Waals surface area contributed by atoms with Crippen LogP contribution in [0.25, 0.3) is 0 Å². The van der Waals surface area contributed by atoms with Crippen molar-refractivity contribution >= 4 is 5.91 Å². The average molecular weight is 250 g/mol. The van der Waals surface area contributed by atoms with Gasteiger partial charge in [-0.3, -0.25) is 9.78 Å². The molecule has 1 aliphatic rings. The first-order valence-corrected chi connectivity index (χ1v) is 6.12. The maximum atomic E-state index is 12.1. The number of ether oxygens (including phenoxy) is 1. The number of carbonyl (C=O) groups is 1. The zero-order chi connectivity index (χ0) is 13.0. The molecule has 1 aromatic heterocycles. The van der Waals surface area contributed by atoms with Crippen LogP contribution in [0, 0.1) is 0 Å². The second-order valence-corrected chi connectivity index (χ2v) is 4.59. The van der Waals surface area contributed by atoms with Crippen molar-refractivity contribution in [2.75, 3.05) is 19.7 Å². The maximum Gasteiger partial charge on any atom is 0.227 e. The number of aliphatic hydroxyl groups is 1. The van der Waals surface area contributed by atoms with E-state index in [9.17, 15) is 4.79 Å². The second kappa shape index (κ2) is 5.93. The van der Waals surface area contributed by atoms with Gasteiger partial charge in [0.25, 0.3) is 0 Å². The summed E-state index contributed by atoms with van der Waals surface area (Å²) in [5, 5.41) is 9.13. The lowest BCUT2D eigenvalue weighted by Crippen LogP contribution is -2.50. The lowest BCUT2D eigenvalue weighted by molar-refractivity contribution is -0.146. The monoisotopic (exact) mass is 250 g/mol. The summed E-state index contributed by atoms with van der Waals surface area (Å²) in [5.74, 6) is 0.0524. The predicted octanol–water partition coefficient (Wildman–Crippen LogP) is 0.232. The van der Waals surface area contributed by atoms with Crippen LogP contribution in [0.5, 0.6) is 0 Å². The first-order chi connectivity index (χ1) is 8.69. The number of aliphatic hydroxyl groups excluding tert-OH is 1. The Morgan fingerprint density at radius 3 is 3.11 bits per heavy atom. The van der Waals surface area contributed by atoms with Crippen LogP contribution in [0.4, 0.5) is 0 Å². The zero-order valence-electron chi connectivity index (χ0n) is 10.5. The highest BCUT2D eigenvalue weighted by Gasteiger charge is 2.27. The number of carbonyl (C=O) groups excluding carboxylic acids is 1. The van der Waals surface area contributed by atoms with Crippen molar-refractivity contribution in [2.24, 2.45) is 0 Å². The van der Waals surface area contributed by atoms with Crippen molar-refractivity contribution in [1.29, 1.82) is 0 Å². The van der Waals surface area contributed by atoms with Crippen LogP contribution in [0.15, 0.2) is 24.5 Å². The molecule has 98 valence electrons. The van der Waals surface area contributed by atoms with Gasteiger partial charge in [-0.15, -0.1) is 0 Å². The highest BCUT2D eigenvalue weighted by molar-refractivity contribution is 5.78. The molecule has 1 aromatic rings. The summed E-state index contributed by atoms with van der Waals surface area (Å²) in [6.45, 7) is 2.89. The Hall–Kier alpha value is -1.46. The molecule has 1 fully saturated rings. The standard InChI is InChI=1S/C13H18N2O3/c1-10-7-15(8-12(9-16)18-10)13(17)5-11-3-2-4-14-6-11/h2-4,6,10,12,16H,5,7-9H2,1H3. The van der Waals surface area contributed by atoms with Gasteiger partial charge in [0, 0.05) is 25.5 Å². The van der Waals surface area contributed by atoms with Gasteiger partial charge in [-0.1, -0.05) is 6.07 Å². The van der Waals surface area contributed by atoms with Crippen molar-refractivity contribution in [1.82, 2.24) is 9.88 Å². The molecule has 0 bridgehead atoms. The largest absolute Gasteiger partial charge is 0.394 e. The first kappa shape index (κ1) is 13.0. The molecule has 1 saturated heterocycles. The quantitative estimate of drug-likeness (QED) is 0.834. The normalized spacial score (nSPS) is 24.0. The van der Waals surface area contributed by atoms with Gasteiger partial charge in [-0.25, -0.2) is 0 Å². The minimum absolute atomic E-state index is 0.0336. The molecule has 0 aromatic carbocycles. The number of rotatable bonds is 3. The third-order valence-corrected chi connectivity index (χ3v) is 2.96. The SMILES string of the molecule is CC1CN(C(=O)Cc2cccnc2)CC(CO)O1. The predicted molar refractivity (Wildman–Crippen MR) is 65.9 cm³/mol. The van der Waals surface area contributed by atoms with Crippen molar-refractivity contribution in [2.45, 2.75) is 25.6 Å². The van der Waals surface area contributed by atoms with E-state index < -0.39 is 0 Å². The maximum absolute atomic E-state index is 12.1. The second-order valence-electron chi connectivity index (χ2n) is 4.59. The molecule has 5 heteroatoms. The fourth-order valence-electron chi connectivity index (χ4n) is 2.14. The summed E-state index contributed by atoms with van der Waals surface area (Å²) in [4.78, 5) is 17.9. The van der Waals surface area contributed by atoms with E-state index in [1.807, 2.05) is 19.1 Å². The molecule has 2 heterocycles. The van der Waals surface area contributed by atoms with Crippen molar-refractivity contribution in [3.05, 3.63) is 30.1 Å². The summed E-state index contributed by atoms with van der Waals surface area (Å²) in [7, 11) is 0. The Kier molecular flexibility index (Phi) is 4.28. The number of hydrogen-bond donors (Lipinski definition) is 1. The minimum atomic E-state index is -0.272. The third-order valence-electron chi connectivity index (χ3n) is 2.96. The first-order valence-electron chi connectivity index (χ1n) is 6.12. The molecule has 1 amide bonds. The molecule has 2 unspecified atom stereocenters. The Bertz CT molecular complexity index is 396. The Morgan fingerprint density at radius 1 is 1.61 bits per heavy atom. The fraction of sp³-hybridized carbons (Fsp3) is 0.538. The molecule has 5 nitrogen and oxygen atoms in total. The lowest BCUT2D eigenvalue weighted by Gasteiger charge is -2.36. The fourth-order valence-corrected chi connectivity index (χ4v) is 2.14. The molecular weight excluding hydrogens is 232 g/mol. The van der Waals surface area contributed by atoms with E-state index in [0.717, 1.165) is 5.56 Å². The van der Waals surface area contributed by atoms with Crippen LogP contribution in [0.2, 0.25) is 0 Å². The van der Waals surface area contributed by atoms with Crippen LogP contribution < -0.4 is 0 Å². The molecule has 0 aliphatic carbocycles. The average Bonchev–Trinajstić information content (AvgIpc) is 2.39. The molecule has 18 heavy (non-hydrogen) atoms. The third kappa shape index (κ3) is 3.27. The van der Waals surface area contributed by atoms with E-state index >= 15 is 0 Å². The number of aromatic nitrogens is 1. The van der Waals surface area contributed by atoms with E-state index in [1.54, 1.807) is 17.3 Å². The zero-order valence-corrected chi connectivity index (χ0v) is 10.5. The van der Waals surface area contributed by atoms with Gasteiger partial charge in [0.2, 0.25) is 5.91 Å². The van der Waals surface area contributed by atoms with Gasteiger partial charge < -0.3 is 14.7 Å². The Balaban J connectivity index is 1.96. The minimum Gasteiger partial charge on any atom is -0.394 e. The molecular formula is C13H18N2O3. The van der Waals surface area contributed by atoms with Crippen LogP contribution in [0.3, 0.4) is 0 Å². The number of pyridine rings is 1. The number of morpholine rings is 1. The molecule has 1 N–H and O–H groups in total. The van der Waals surface area contributed by atoms with Crippen LogP contribution in [-0.2, 0) is 16.0 Å². The van der Waals surface area contributed by atoms with Crippen molar-refractivity contribution in [3.63, 3.8) is 0 Å². The molecule has 2 atom stereocenters. The lowest BCUT2D eigenvalue weighted by atomic mass is 10.1. The number of hydrogen-bond acceptors (Lipinski definition) is 4. The van der Waals surface area contributed by atoms with E-state index in [0.29, 0.717) is 19.5 Å². The number of nitrogens with zero attached hydrogens (tertiary/aromatic N) is 2. The summed E-state index contributed by atoms with van der Waals surface area (Å²) in [6.07, 6.45) is 3.43. The Morgan fingerprint density at radius 2 is 2.44 bits per heavy atom. The summed E-state index contributed by atoms with van der Waals surface area (Å²) in [6, 6.07) is 3.71. The summed E-state index contributed by atoms with van der Waals surface area (Å²) < 4.78 is 5.51. The van der Waals surface area contributed by atoms with E-state index in [1.165, 1.54) is 0 Å². The van der Waals surface area contributed by atoms with Crippen molar-refractivity contribution in [3.8, 4) is 0 Å². The summed E-state index contributed by atoms with van der Waals surface area (Å²) >= 11 is 0. The highest BCUT2D eigenvalue weighted by atomic mass is 16.5. The van der Waals surface area contributed by atoms with Crippen LogP contribution in [0.1, 0.15) is 12.5 Å². The molecule has 2 rings (SSSR count). The highest BCUT2D eigenvalue weighted by Crippen LogP contribution is 2.12. The van der Waals surface area contributed by atoms with Crippen molar-refractivity contribution < 1.29 is 14.6 Å².